The number of ether oxygens (including phenoxy) is 1. The van der Waals surface area contributed by atoms with E-state index in [9.17, 15) is 0 Å². The van der Waals surface area contributed by atoms with Crippen LogP contribution in [0, 0.1) is 5.92 Å². The number of rotatable bonds is 5. The molecule has 1 saturated carbocycles. The van der Waals surface area contributed by atoms with E-state index >= 15 is 0 Å². The average Bonchev–Trinajstić information content (AvgIpc) is 2.96. The number of nitrogens with one attached hydrogen (secondary N) is 1. The zero-order valence-corrected chi connectivity index (χ0v) is 12.3. The largest absolute Gasteiger partial charge is 0.373 e. The maximum Gasteiger partial charge on any atom is 0.158 e. The van der Waals surface area contributed by atoms with Crippen LogP contribution in [0.3, 0.4) is 0 Å². The Balaban J connectivity index is 1.62. The van der Waals surface area contributed by atoms with E-state index < -0.39 is 0 Å². The molecule has 0 radical (unpaired) electrons. The van der Waals surface area contributed by atoms with Gasteiger partial charge in [-0.2, -0.15) is 0 Å². The SMILES string of the molecule is NNc1nc(COCC2CCCCC2)nc2sccc12. The van der Waals surface area contributed by atoms with Gasteiger partial charge in [0.15, 0.2) is 11.6 Å². The van der Waals surface area contributed by atoms with Gasteiger partial charge in [0.25, 0.3) is 0 Å². The highest BCUT2D eigenvalue weighted by Gasteiger charge is 2.14. The lowest BCUT2D eigenvalue weighted by molar-refractivity contribution is 0.0702. The van der Waals surface area contributed by atoms with Crippen molar-refractivity contribution < 1.29 is 4.74 Å². The molecule has 20 heavy (non-hydrogen) atoms. The molecule has 3 rings (SSSR count). The molecular weight excluding hydrogens is 272 g/mol. The summed E-state index contributed by atoms with van der Waals surface area (Å²) in [6, 6.07) is 1.97. The van der Waals surface area contributed by atoms with Gasteiger partial charge < -0.3 is 10.2 Å². The molecule has 2 aromatic rings. The highest BCUT2D eigenvalue weighted by atomic mass is 32.1. The first-order valence-corrected chi connectivity index (χ1v) is 8.03. The predicted octanol–water partition coefficient (Wildman–Crippen LogP) is 3.07. The minimum absolute atomic E-state index is 0.457. The summed E-state index contributed by atoms with van der Waals surface area (Å²) >= 11 is 1.59. The number of thiophene rings is 1. The van der Waals surface area contributed by atoms with E-state index in [1.165, 1.54) is 32.1 Å². The fourth-order valence-electron chi connectivity index (χ4n) is 2.74. The van der Waals surface area contributed by atoms with Crippen molar-refractivity contribution in [3.05, 3.63) is 17.3 Å². The summed E-state index contributed by atoms with van der Waals surface area (Å²) in [6.07, 6.45) is 6.64. The van der Waals surface area contributed by atoms with Crippen molar-refractivity contribution in [2.45, 2.75) is 38.7 Å². The molecular formula is C14H20N4OS. The van der Waals surface area contributed by atoms with Crippen molar-refractivity contribution in [1.29, 1.82) is 0 Å². The van der Waals surface area contributed by atoms with E-state index in [-0.39, 0.29) is 0 Å². The highest BCUT2D eigenvalue weighted by Crippen LogP contribution is 2.26. The van der Waals surface area contributed by atoms with Gasteiger partial charge in [0.05, 0.1) is 5.39 Å². The normalized spacial score (nSPS) is 16.6. The molecule has 0 bridgehead atoms. The zero-order chi connectivity index (χ0) is 13.8. The van der Waals surface area contributed by atoms with Crippen molar-refractivity contribution in [3.63, 3.8) is 0 Å². The molecule has 6 heteroatoms. The Labute approximate surface area is 122 Å². The second-order valence-corrected chi connectivity index (χ2v) is 6.19. The van der Waals surface area contributed by atoms with Crippen LogP contribution in [0.5, 0.6) is 0 Å². The van der Waals surface area contributed by atoms with Crippen LogP contribution in [0.25, 0.3) is 10.2 Å². The Morgan fingerprint density at radius 3 is 2.95 bits per heavy atom. The van der Waals surface area contributed by atoms with Crippen molar-refractivity contribution in [2.24, 2.45) is 11.8 Å². The lowest BCUT2D eigenvalue weighted by Gasteiger charge is -2.21. The van der Waals surface area contributed by atoms with Crippen molar-refractivity contribution in [3.8, 4) is 0 Å². The van der Waals surface area contributed by atoms with Crippen LogP contribution in [0.2, 0.25) is 0 Å². The van der Waals surface area contributed by atoms with E-state index in [4.69, 9.17) is 10.6 Å². The lowest BCUT2D eigenvalue weighted by atomic mass is 9.90. The number of hydrogen-bond acceptors (Lipinski definition) is 6. The van der Waals surface area contributed by atoms with Crippen LogP contribution >= 0.6 is 11.3 Å². The third-order valence-electron chi connectivity index (χ3n) is 3.82. The van der Waals surface area contributed by atoms with E-state index in [1.54, 1.807) is 11.3 Å². The summed E-state index contributed by atoms with van der Waals surface area (Å²) in [5, 5.41) is 2.96. The van der Waals surface area contributed by atoms with Gasteiger partial charge in [-0.05, 0) is 30.2 Å². The summed E-state index contributed by atoms with van der Waals surface area (Å²) in [5.41, 5.74) is 2.64. The Hall–Kier alpha value is -1.24. The number of fused-ring (bicyclic) bond motifs is 1. The Bertz CT molecular complexity index is 565. The molecule has 3 N–H and O–H groups in total. The molecule has 1 aliphatic rings. The first-order chi connectivity index (χ1) is 9.86. The lowest BCUT2D eigenvalue weighted by Crippen LogP contribution is -2.15. The van der Waals surface area contributed by atoms with Crippen LogP contribution in [-0.2, 0) is 11.3 Å². The Morgan fingerprint density at radius 1 is 1.30 bits per heavy atom. The van der Waals surface area contributed by atoms with Gasteiger partial charge >= 0.3 is 0 Å². The Kier molecular flexibility index (Phi) is 4.44. The topological polar surface area (TPSA) is 73.1 Å². The van der Waals surface area contributed by atoms with Gasteiger partial charge in [-0.15, -0.1) is 11.3 Å². The molecule has 1 fully saturated rings. The smallest absolute Gasteiger partial charge is 0.158 e. The van der Waals surface area contributed by atoms with Gasteiger partial charge in [-0.3, -0.25) is 0 Å². The molecule has 0 aliphatic heterocycles. The highest BCUT2D eigenvalue weighted by molar-refractivity contribution is 7.16. The number of aromatic nitrogens is 2. The summed E-state index contributed by atoms with van der Waals surface area (Å²) in [4.78, 5) is 9.87. The third kappa shape index (κ3) is 3.08. The van der Waals surface area contributed by atoms with Crippen LogP contribution in [0.1, 0.15) is 37.9 Å². The summed E-state index contributed by atoms with van der Waals surface area (Å²) in [7, 11) is 0. The first-order valence-electron chi connectivity index (χ1n) is 7.15. The van der Waals surface area contributed by atoms with Gasteiger partial charge in [0.2, 0.25) is 0 Å². The van der Waals surface area contributed by atoms with Gasteiger partial charge in [-0.25, -0.2) is 15.8 Å². The molecule has 2 aromatic heterocycles. The number of nitrogen functional groups attached to an aromatic ring is 1. The third-order valence-corrected chi connectivity index (χ3v) is 4.62. The average molecular weight is 292 g/mol. The van der Waals surface area contributed by atoms with E-state index in [1.807, 2.05) is 11.4 Å². The summed E-state index contributed by atoms with van der Waals surface area (Å²) in [6.45, 7) is 1.27. The number of hydrazine groups is 1. The van der Waals surface area contributed by atoms with Crippen LogP contribution < -0.4 is 11.3 Å². The number of nitrogens with zero attached hydrogens (tertiary/aromatic N) is 2. The minimum atomic E-state index is 0.457. The van der Waals surface area contributed by atoms with E-state index in [0.29, 0.717) is 24.2 Å². The van der Waals surface area contributed by atoms with Gasteiger partial charge in [0.1, 0.15) is 11.4 Å². The van der Waals surface area contributed by atoms with Gasteiger partial charge in [0, 0.05) is 6.61 Å². The molecule has 0 saturated heterocycles. The standard InChI is InChI=1S/C14H20N4OS/c15-18-13-11-6-7-20-14(11)17-12(16-13)9-19-8-10-4-2-1-3-5-10/h6-7,10H,1-5,8-9,15H2,(H,16,17,18). The van der Waals surface area contributed by atoms with Crippen LogP contribution in [-0.4, -0.2) is 16.6 Å². The predicted molar refractivity (Wildman–Crippen MR) is 81.5 cm³/mol. The number of anilines is 1. The maximum atomic E-state index is 5.80. The van der Waals surface area contributed by atoms with Gasteiger partial charge in [-0.1, -0.05) is 19.3 Å². The van der Waals surface area contributed by atoms with Crippen LogP contribution in [0.4, 0.5) is 5.82 Å². The molecule has 0 aromatic carbocycles. The second-order valence-electron chi connectivity index (χ2n) is 5.29. The molecule has 108 valence electrons. The Morgan fingerprint density at radius 2 is 2.15 bits per heavy atom. The zero-order valence-electron chi connectivity index (χ0n) is 11.5. The first kappa shape index (κ1) is 13.7. The maximum absolute atomic E-state index is 5.80. The van der Waals surface area contributed by atoms with Crippen LogP contribution in [0.15, 0.2) is 11.4 Å². The van der Waals surface area contributed by atoms with E-state index in [2.05, 4.69) is 15.4 Å². The molecule has 5 nitrogen and oxygen atoms in total. The molecule has 0 unspecified atom stereocenters. The quantitative estimate of drug-likeness (QED) is 0.654. The minimum Gasteiger partial charge on any atom is -0.373 e. The summed E-state index contributed by atoms with van der Waals surface area (Å²) < 4.78 is 5.80. The second kappa shape index (κ2) is 6.47. The van der Waals surface area contributed by atoms with Crippen molar-refractivity contribution in [1.82, 2.24) is 9.97 Å². The molecule has 1 aliphatic carbocycles. The number of nitrogens with two attached hydrogens (primary N) is 1. The molecule has 0 spiro atoms. The molecule has 2 heterocycles. The fraction of sp³-hybridized carbons (Fsp3) is 0.571. The molecule has 0 atom stereocenters. The van der Waals surface area contributed by atoms with E-state index in [0.717, 1.165) is 16.8 Å². The number of hydrogen-bond donors (Lipinski definition) is 2. The monoisotopic (exact) mass is 292 g/mol. The van der Waals surface area contributed by atoms with Crippen molar-refractivity contribution >= 4 is 27.4 Å². The fourth-order valence-corrected chi connectivity index (χ4v) is 3.53. The van der Waals surface area contributed by atoms with Crippen molar-refractivity contribution in [2.75, 3.05) is 12.0 Å². The molecule has 0 amide bonds. The summed E-state index contributed by atoms with van der Waals surface area (Å²) in [5.74, 6) is 7.59.